The van der Waals surface area contributed by atoms with Gasteiger partial charge in [-0.1, -0.05) is 6.08 Å². The Balaban J connectivity index is 2.00. The second kappa shape index (κ2) is 4.21. The minimum absolute atomic E-state index is 0.214. The minimum atomic E-state index is -4.39. The summed E-state index contributed by atoms with van der Waals surface area (Å²) >= 11 is 0. The maximum Gasteiger partial charge on any atom is 0.435 e. The molecular formula is C13H14F3N3. The molecule has 0 saturated heterocycles. The topological polar surface area (TPSA) is 41.7 Å². The van der Waals surface area contributed by atoms with E-state index in [-0.39, 0.29) is 5.92 Å². The normalized spacial score (nSPS) is 20.6. The number of allylic oxidation sites excluding steroid dienone is 2. The molecule has 0 amide bonds. The molecule has 3 nitrogen and oxygen atoms in total. The lowest BCUT2D eigenvalue weighted by atomic mass is 10.0. The standard InChI is InChI=1S/C13H14F3N3/c14-13(15,16)12-7-11(8-1-2-8)19(18-12)10-5-3-9(17)4-6-10/h5,7-8,17H,1-4,6H2. The Kier molecular flexibility index (Phi) is 2.76. The van der Waals surface area contributed by atoms with Crippen molar-refractivity contribution in [3.05, 3.63) is 23.5 Å². The summed E-state index contributed by atoms with van der Waals surface area (Å²) in [6.45, 7) is 0. The van der Waals surface area contributed by atoms with Crippen molar-refractivity contribution in [2.24, 2.45) is 0 Å². The Morgan fingerprint density at radius 3 is 2.53 bits per heavy atom. The Hall–Kier alpha value is -1.59. The Bertz CT molecular complexity index is 550. The summed E-state index contributed by atoms with van der Waals surface area (Å²) < 4.78 is 39.8. The van der Waals surface area contributed by atoms with Gasteiger partial charge in [-0.05, 0) is 31.7 Å². The van der Waals surface area contributed by atoms with E-state index >= 15 is 0 Å². The molecule has 2 aliphatic rings. The van der Waals surface area contributed by atoms with Crippen LogP contribution in [0.3, 0.4) is 0 Å². The third-order valence-electron chi connectivity index (χ3n) is 3.56. The molecule has 0 radical (unpaired) electrons. The molecule has 0 unspecified atom stereocenters. The zero-order valence-electron chi connectivity index (χ0n) is 10.3. The van der Waals surface area contributed by atoms with Gasteiger partial charge in [0.1, 0.15) is 0 Å². The van der Waals surface area contributed by atoms with Gasteiger partial charge in [-0.3, -0.25) is 0 Å². The van der Waals surface area contributed by atoms with Crippen LogP contribution in [-0.4, -0.2) is 15.5 Å². The molecule has 0 aliphatic heterocycles. The van der Waals surface area contributed by atoms with Gasteiger partial charge in [0.25, 0.3) is 0 Å². The van der Waals surface area contributed by atoms with Crippen LogP contribution in [0, 0.1) is 5.41 Å². The average Bonchev–Trinajstić information content (AvgIpc) is 3.08. The number of hydrogen-bond donors (Lipinski definition) is 1. The lowest BCUT2D eigenvalue weighted by Gasteiger charge is -2.16. The maximum absolute atomic E-state index is 12.8. The lowest BCUT2D eigenvalue weighted by Crippen LogP contribution is -2.12. The van der Waals surface area contributed by atoms with Gasteiger partial charge in [0.2, 0.25) is 0 Å². The molecule has 6 heteroatoms. The Morgan fingerprint density at radius 1 is 1.26 bits per heavy atom. The molecule has 102 valence electrons. The van der Waals surface area contributed by atoms with E-state index in [9.17, 15) is 13.2 Å². The van der Waals surface area contributed by atoms with Crippen LogP contribution in [0.25, 0.3) is 5.70 Å². The highest BCUT2D eigenvalue weighted by molar-refractivity contribution is 5.86. The van der Waals surface area contributed by atoms with Crippen LogP contribution in [0.2, 0.25) is 0 Å². The molecule has 1 saturated carbocycles. The first-order valence-corrected chi connectivity index (χ1v) is 6.38. The zero-order chi connectivity index (χ0) is 13.6. The first-order valence-electron chi connectivity index (χ1n) is 6.38. The van der Waals surface area contributed by atoms with Gasteiger partial charge in [0.05, 0.1) is 0 Å². The number of nitrogens with zero attached hydrogens (tertiary/aromatic N) is 2. The van der Waals surface area contributed by atoms with E-state index in [1.165, 1.54) is 10.7 Å². The van der Waals surface area contributed by atoms with Crippen molar-refractivity contribution in [3.63, 3.8) is 0 Å². The molecule has 1 fully saturated rings. The molecule has 0 bridgehead atoms. The number of nitrogens with one attached hydrogen (secondary N) is 1. The summed E-state index contributed by atoms with van der Waals surface area (Å²) in [6, 6.07) is 1.18. The molecule has 0 aromatic carbocycles. The van der Waals surface area contributed by atoms with Crippen molar-refractivity contribution in [2.75, 3.05) is 0 Å². The van der Waals surface area contributed by atoms with Gasteiger partial charge < -0.3 is 5.41 Å². The SMILES string of the molecule is N=C1CC=C(n2nc(C(F)(F)F)cc2C2CC2)CC1. The average molecular weight is 269 g/mol. The van der Waals surface area contributed by atoms with Crippen LogP contribution >= 0.6 is 0 Å². The molecule has 1 heterocycles. The first-order chi connectivity index (χ1) is 8.95. The zero-order valence-corrected chi connectivity index (χ0v) is 10.3. The third-order valence-corrected chi connectivity index (χ3v) is 3.56. The van der Waals surface area contributed by atoms with E-state index in [1.54, 1.807) is 0 Å². The predicted octanol–water partition coefficient (Wildman–Crippen LogP) is 3.82. The predicted molar refractivity (Wildman–Crippen MR) is 65.1 cm³/mol. The van der Waals surface area contributed by atoms with E-state index in [2.05, 4.69) is 5.10 Å². The van der Waals surface area contributed by atoms with Crippen LogP contribution in [0.15, 0.2) is 12.1 Å². The van der Waals surface area contributed by atoms with Gasteiger partial charge >= 0.3 is 6.18 Å². The van der Waals surface area contributed by atoms with E-state index in [0.29, 0.717) is 30.7 Å². The molecule has 1 N–H and O–H groups in total. The number of hydrogen-bond acceptors (Lipinski definition) is 2. The van der Waals surface area contributed by atoms with Gasteiger partial charge in [0, 0.05) is 29.4 Å². The van der Waals surface area contributed by atoms with Crippen molar-refractivity contribution in [1.82, 2.24) is 9.78 Å². The van der Waals surface area contributed by atoms with Crippen molar-refractivity contribution in [2.45, 2.75) is 44.2 Å². The number of halogens is 3. The number of aromatic nitrogens is 2. The summed E-state index contributed by atoms with van der Waals surface area (Å²) in [4.78, 5) is 0. The van der Waals surface area contributed by atoms with Crippen LogP contribution in [0.1, 0.15) is 49.4 Å². The molecule has 1 aromatic heterocycles. The van der Waals surface area contributed by atoms with Crippen molar-refractivity contribution in [1.29, 1.82) is 5.41 Å². The molecule has 2 aliphatic carbocycles. The highest BCUT2D eigenvalue weighted by Gasteiger charge is 2.38. The number of alkyl halides is 3. The molecule has 3 rings (SSSR count). The Morgan fingerprint density at radius 2 is 2.00 bits per heavy atom. The molecular weight excluding hydrogens is 255 g/mol. The quantitative estimate of drug-likeness (QED) is 0.871. The van der Waals surface area contributed by atoms with E-state index < -0.39 is 11.9 Å². The summed E-state index contributed by atoms with van der Waals surface area (Å²) in [5.74, 6) is 0.214. The van der Waals surface area contributed by atoms with E-state index in [0.717, 1.165) is 18.5 Å². The highest BCUT2D eigenvalue weighted by atomic mass is 19.4. The van der Waals surface area contributed by atoms with Gasteiger partial charge in [-0.15, -0.1) is 0 Å². The van der Waals surface area contributed by atoms with Crippen LogP contribution in [0.5, 0.6) is 0 Å². The van der Waals surface area contributed by atoms with Crippen LogP contribution in [0.4, 0.5) is 13.2 Å². The van der Waals surface area contributed by atoms with Crippen LogP contribution in [-0.2, 0) is 6.18 Å². The minimum Gasteiger partial charge on any atom is -0.309 e. The summed E-state index contributed by atoms with van der Waals surface area (Å²) in [5.41, 5.74) is 1.29. The number of rotatable bonds is 2. The molecule has 0 atom stereocenters. The van der Waals surface area contributed by atoms with E-state index in [4.69, 9.17) is 5.41 Å². The smallest absolute Gasteiger partial charge is 0.309 e. The van der Waals surface area contributed by atoms with Crippen LogP contribution < -0.4 is 0 Å². The molecule has 0 spiro atoms. The van der Waals surface area contributed by atoms with Gasteiger partial charge in [-0.25, -0.2) is 4.68 Å². The fourth-order valence-electron chi connectivity index (χ4n) is 2.35. The van der Waals surface area contributed by atoms with E-state index in [1.807, 2.05) is 6.08 Å². The summed E-state index contributed by atoms with van der Waals surface area (Å²) in [5, 5.41) is 11.3. The fraction of sp³-hybridized carbons (Fsp3) is 0.538. The second-order valence-corrected chi connectivity index (χ2v) is 5.14. The van der Waals surface area contributed by atoms with Crippen molar-refractivity contribution >= 4 is 11.4 Å². The summed E-state index contributed by atoms with van der Waals surface area (Å²) in [6.07, 6.45) is 1.02. The largest absolute Gasteiger partial charge is 0.435 e. The second-order valence-electron chi connectivity index (χ2n) is 5.14. The monoisotopic (exact) mass is 269 g/mol. The Labute approximate surface area is 108 Å². The molecule has 19 heavy (non-hydrogen) atoms. The van der Waals surface area contributed by atoms with Gasteiger partial charge in [0.15, 0.2) is 5.69 Å². The first kappa shape index (κ1) is 12.4. The fourth-order valence-corrected chi connectivity index (χ4v) is 2.35. The highest BCUT2D eigenvalue weighted by Crippen LogP contribution is 2.43. The van der Waals surface area contributed by atoms with Gasteiger partial charge in [-0.2, -0.15) is 18.3 Å². The van der Waals surface area contributed by atoms with Crippen molar-refractivity contribution < 1.29 is 13.2 Å². The van der Waals surface area contributed by atoms with Crippen molar-refractivity contribution in [3.8, 4) is 0 Å². The lowest BCUT2D eigenvalue weighted by molar-refractivity contribution is -0.141. The third kappa shape index (κ3) is 2.43. The summed E-state index contributed by atoms with van der Waals surface area (Å²) in [7, 11) is 0. The maximum atomic E-state index is 12.8. The molecule has 1 aromatic rings.